The van der Waals surface area contributed by atoms with Crippen LogP contribution in [-0.2, 0) is 16.6 Å². The zero-order chi connectivity index (χ0) is 16.6. The summed E-state index contributed by atoms with van der Waals surface area (Å²) in [6, 6.07) is 6.92. The van der Waals surface area contributed by atoms with E-state index in [1.807, 2.05) is 19.1 Å². The quantitative estimate of drug-likeness (QED) is 0.761. The molecule has 23 heavy (non-hydrogen) atoms. The minimum atomic E-state index is -4.02. The number of sulfonamides is 1. The Labute approximate surface area is 133 Å². The number of rotatable bonds is 4. The first-order valence-corrected chi connectivity index (χ1v) is 8.57. The van der Waals surface area contributed by atoms with Gasteiger partial charge >= 0.3 is 0 Å². The van der Waals surface area contributed by atoms with Crippen molar-refractivity contribution in [1.29, 1.82) is 0 Å². The molecule has 0 saturated heterocycles. The number of carbonyl (C=O) groups excluding carboxylic acids is 1. The van der Waals surface area contributed by atoms with Gasteiger partial charge in [-0.25, -0.2) is 9.71 Å². The van der Waals surface area contributed by atoms with Crippen LogP contribution in [-0.4, -0.2) is 28.9 Å². The minimum absolute atomic E-state index is 0.163. The van der Waals surface area contributed by atoms with Crippen LogP contribution >= 0.6 is 0 Å². The number of para-hydroxylation sites is 1. The number of fused-ring (bicyclic) bond motifs is 1. The zero-order valence-corrected chi connectivity index (χ0v) is 13.5. The fraction of sp³-hybridized carbons (Fsp3) is 0.200. The molecule has 0 bridgehead atoms. The second kappa shape index (κ2) is 5.54. The van der Waals surface area contributed by atoms with Crippen molar-refractivity contribution in [2.45, 2.75) is 25.4 Å². The SMILES string of the molecule is CCn1cc(S(=O)(=O)NC(=O)c2cccc3cc[nH]c23)nc1C. The molecule has 0 saturated carbocycles. The lowest BCUT2D eigenvalue weighted by atomic mass is 10.1. The van der Waals surface area contributed by atoms with Crippen LogP contribution in [0.3, 0.4) is 0 Å². The van der Waals surface area contributed by atoms with Crippen molar-refractivity contribution < 1.29 is 13.2 Å². The Hall–Kier alpha value is -2.61. The van der Waals surface area contributed by atoms with Crippen LogP contribution in [0.5, 0.6) is 0 Å². The molecular weight excluding hydrogens is 316 g/mol. The van der Waals surface area contributed by atoms with Crippen LogP contribution in [0.1, 0.15) is 23.1 Å². The number of amides is 1. The number of hydrogen-bond donors (Lipinski definition) is 2. The predicted octanol–water partition coefficient (Wildman–Crippen LogP) is 1.81. The van der Waals surface area contributed by atoms with Gasteiger partial charge in [-0.15, -0.1) is 0 Å². The zero-order valence-electron chi connectivity index (χ0n) is 12.7. The third-order valence-corrected chi connectivity index (χ3v) is 4.83. The summed E-state index contributed by atoms with van der Waals surface area (Å²) in [5.74, 6) is -0.117. The van der Waals surface area contributed by atoms with Gasteiger partial charge in [0.1, 0.15) is 5.82 Å². The van der Waals surface area contributed by atoms with E-state index in [0.717, 1.165) is 5.39 Å². The first-order chi connectivity index (χ1) is 10.9. The smallest absolute Gasteiger partial charge is 0.283 e. The van der Waals surface area contributed by atoms with Crippen molar-refractivity contribution in [3.63, 3.8) is 0 Å². The van der Waals surface area contributed by atoms with E-state index in [-0.39, 0.29) is 10.6 Å². The number of aryl methyl sites for hydroxylation is 2. The molecule has 0 atom stereocenters. The van der Waals surface area contributed by atoms with Crippen molar-refractivity contribution in [3.8, 4) is 0 Å². The van der Waals surface area contributed by atoms with E-state index < -0.39 is 15.9 Å². The fourth-order valence-corrected chi connectivity index (χ4v) is 3.41. The first-order valence-electron chi connectivity index (χ1n) is 7.09. The third-order valence-electron chi connectivity index (χ3n) is 3.63. The molecule has 1 amide bonds. The molecule has 3 aromatic rings. The van der Waals surface area contributed by atoms with E-state index in [4.69, 9.17) is 0 Å². The highest BCUT2D eigenvalue weighted by molar-refractivity contribution is 7.90. The van der Waals surface area contributed by atoms with Crippen LogP contribution in [0.15, 0.2) is 41.7 Å². The molecule has 2 aromatic heterocycles. The van der Waals surface area contributed by atoms with Crippen molar-refractivity contribution in [3.05, 3.63) is 48.0 Å². The molecule has 1 aromatic carbocycles. The lowest BCUT2D eigenvalue weighted by Gasteiger charge is -2.05. The summed E-state index contributed by atoms with van der Waals surface area (Å²) in [7, 11) is -4.02. The van der Waals surface area contributed by atoms with Gasteiger partial charge in [-0.05, 0) is 26.0 Å². The molecule has 0 radical (unpaired) electrons. The van der Waals surface area contributed by atoms with Crippen LogP contribution in [0.25, 0.3) is 10.9 Å². The molecule has 3 rings (SSSR count). The van der Waals surface area contributed by atoms with E-state index >= 15 is 0 Å². The Kier molecular flexibility index (Phi) is 3.69. The van der Waals surface area contributed by atoms with E-state index in [0.29, 0.717) is 17.9 Å². The Morgan fingerprint density at radius 3 is 2.83 bits per heavy atom. The van der Waals surface area contributed by atoms with Gasteiger partial charge < -0.3 is 9.55 Å². The van der Waals surface area contributed by atoms with Crippen molar-refractivity contribution >= 4 is 26.8 Å². The number of benzene rings is 1. The molecule has 0 aliphatic rings. The molecule has 8 heteroatoms. The van der Waals surface area contributed by atoms with E-state index in [1.54, 1.807) is 29.8 Å². The molecule has 0 aliphatic heterocycles. The Bertz CT molecular complexity index is 985. The van der Waals surface area contributed by atoms with E-state index in [2.05, 4.69) is 14.7 Å². The van der Waals surface area contributed by atoms with Gasteiger partial charge in [0.05, 0.1) is 11.1 Å². The Morgan fingerprint density at radius 2 is 2.13 bits per heavy atom. The highest BCUT2D eigenvalue weighted by Gasteiger charge is 2.23. The molecule has 2 heterocycles. The van der Waals surface area contributed by atoms with Gasteiger partial charge in [0.25, 0.3) is 15.9 Å². The molecular formula is C15H16N4O3S. The van der Waals surface area contributed by atoms with Crippen molar-refractivity contribution in [2.24, 2.45) is 0 Å². The minimum Gasteiger partial charge on any atom is -0.361 e. The number of nitrogens with one attached hydrogen (secondary N) is 2. The van der Waals surface area contributed by atoms with Crippen LogP contribution in [0, 0.1) is 6.92 Å². The predicted molar refractivity (Wildman–Crippen MR) is 85.6 cm³/mol. The van der Waals surface area contributed by atoms with Gasteiger partial charge in [0.15, 0.2) is 5.03 Å². The number of aromatic amines is 1. The highest BCUT2D eigenvalue weighted by Crippen LogP contribution is 2.18. The normalized spacial score (nSPS) is 11.7. The monoisotopic (exact) mass is 332 g/mol. The number of H-pyrrole nitrogens is 1. The maximum absolute atomic E-state index is 12.4. The van der Waals surface area contributed by atoms with E-state index in [9.17, 15) is 13.2 Å². The largest absolute Gasteiger partial charge is 0.361 e. The molecule has 7 nitrogen and oxygen atoms in total. The second-order valence-electron chi connectivity index (χ2n) is 5.09. The summed E-state index contributed by atoms with van der Waals surface area (Å²) in [5.41, 5.74) is 0.859. The average molecular weight is 332 g/mol. The first kappa shape index (κ1) is 15.3. The average Bonchev–Trinajstić information content (AvgIpc) is 3.12. The summed E-state index contributed by atoms with van der Waals surface area (Å²) < 4.78 is 28.5. The molecule has 0 fully saturated rings. The molecule has 120 valence electrons. The van der Waals surface area contributed by atoms with Crippen molar-refractivity contribution in [2.75, 3.05) is 0 Å². The lowest BCUT2D eigenvalue weighted by Crippen LogP contribution is -2.31. The molecule has 0 aliphatic carbocycles. The van der Waals surface area contributed by atoms with Crippen molar-refractivity contribution in [1.82, 2.24) is 19.3 Å². The molecule has 0 spiro atoms. The number of carbonyl (C=O) groups is 1. The molecule has 0 unspecified atom stereocenters. The number of nitrogens with zero attached hydrogens (tertiary/aromatic N) is 2. The fourth-order valence-electron chi connectivity index (χ4n) is 2.43. The summed E-state index contributed by atoms with van der Waals surface area (Å²) in [4.78, 5) is 19.3. The summed E-state index contributed by atoms with van der Waals surface area (Å²) in [5, 5.41) is 0.671. The van der Waals surface area contributed by atoms with Gasteiger partial charge in [-0.2, -0.15) is 8.42 Å². The van der Waals surface area contributed by atoms with Gasteiger partial charge in [-0.3, -0.25) is 4.79 Å². The summed E-state index contributed by atoms with van der Waals surface area (Å²) in [6.45, 7) is 4.20. The number of aromatic nitrogens is 3. The van der Waals surface area contributed by atoms with Gasteiger partial charge in [0, 0.05) is 24.3 Å². The van der Waals surface area contributed by atoms with Crippen LogP contribution in [0.4, 0.5) is 0 Å². The second-order valence-corrected chi connectivity index (χ2v) is 6.72. The third kappa shape index (κ3) is 2.72. The topological polar surface area (TPSA) is 96.9 Å². The van der Waals surface area contributed by atoms with Crippen LogP contribution in [0.2, 0.25) is 0 Å². The van der Waals surface area contributed by atoms with Crippen LogP contribution < -0.4 is 4.72 Å². The standard InChI is InChI=1S/C15H16N4O3S/c1-3-19-9-13(17-10(19)2)23(21,22)18-15(20)12-6-4-5-11-7-8-16-14(11)12/h4-9,16H,3H2,1-2H3,(H,18,20). The summed E-state index contributed by atoms with van der Waals surface area (Å²) in [6.07, 6.45) is 3.11. The Balaban J connectivity index is 1.93. The highest BCUT2D eigenvalue weighted by atomic mass is 32.2. The number of imidazole rings is 1. The lowest BCUT2D eigenvalue weighted by molar-refractivity contribution is 0.0982. The maximum atomic E-state index is 12.4. The Morgan fingerprint density at radius 1 is 1.35 bits per heavy atom. The maximum Gasteiger partial charge on any atom is 0.283 e. The summed E-state index contributed by atoms with van der Waals surface area (Å²) >= 11 is 0. The van der Waals surface area contributed by atoms with Gasteiger partial charge in [0.2, 0.25) is 0 Å². The van der Waals surface area contributed by atoms with Gasteiger partial charge in [-0.1, -0.05) is 12.1 Å². The number of hydrogen-bond acceptors (Lipinski definition) is 4. The van der Waals surface area contributed by atoms with E-state index in [1.165, 1.54) is 6.20 Å². The molecule has 2 N–H and O–H groups in total.